The Kier molecular flexibility index (Phi) is 12.3. The van der Waals surface area contributed by atoms with Crippen LogP contribution in [0, 0.1) is 0 Å². The lowest BCUT2D eigenvalue weighted by atomic mass is 10.2. The Morgan fingerprint density at radius 1 is 0.696 bits per heavy atom. The lowest BCUT2D eigenvalue weighted by Crippen LogP contribution is -2.47. The number of aliphatic hydroxyl groups is 3. The maximum Gasteiger partial charge on any atom is 0.251 e. The normalized spacial score (nSPS) is 13.3. The van der Waals surface area contributed by atoms with E-state index in [1.54, 1.807) is 0 Å². The summed E-state index contributed by atoms with van der Waals surface area (Å²) in [5.41, 5.74) is 0. The van der Waals surface area contributed by atoms with Crippen molar-refractivity contribution in [3.8, 4) is 0 Å². The molecule has 0 heterocycles. The van der Waals surface area contributed by atoms with Gasteiger partial charge >= 0.3 is 0 Å². The standard InChI is InChI=1S/C6H12N2O4.C6H12N2O3/c1-7-5(11)3(9)4(10)6(12)8-2;1-7-5(10)3-4(9)6(11)8-2/h3-4,9-10H,1-2H3,(H,7,11)(H,8,12);4,9H,3H2,1-2H3,(H,7,10)(H,8,11)/t3-,4-;4-/m10/s1. The highest BCUT2D eigenvalue weighted by atomic mass is 16.3. The van der Waals surface area contributed by atoms with Crippen molar-refractivity contribution in [2.24, 2.45) is 0 Å². The van der Waals surface area contributed by atoms with Gasteiger partial charge < -0.3 is 36.6 Å². The summed E-state index contributed by atoms with van der Waals surface area (Å²) < 4.78 is 0. The van der Waals surface area contributed by atoms with Crippen LogP contribution in [0.25, 0.3) is 0 Å². The predicted molar refractivity (Wildman–Crippen MR) is 78.9 cm³/mol. The van der Waals surface area contributed by atoms with Gasteiger partial charge in [-0.1, -0.05) is 0 Å². The molecule has 0 aliphatic heterocycles. The van der Waals surface area contributed by atoms with Gasteiger partial charge in [-0.15, -0.1) is 0 Å². The summed E-state index contributed by atoms with van der Waals surface area (Å²) in [6.45, 7) is 0. The van der Waals surface area contributed by atoms with Crippen molar-refractivity contribution < 1.29 is 34.5 Å². The molecule has 0 saturated carbocycles. The molecule has 0 aromatic rings. The molecule has 0 radical (unpaired) electrons. The molecule has 0 spiro atoms. The second kappa shape index (κ2) is 12.3. The van der Waals surface area contributed by atoms with Crippen molar-refractivity contribution in [3.63, 3.8) is 0 Å². The highest BCUT2D eigenvalue weighted by Crippen LogP contribution is 1.93. The van der Waals surface area contributed by atoms with Crippen LogP contribution in [-0.2, 0) is 19.2 Å². The fraction of sp³-hybridized carbons (Fsp3) is 0.667. The van der Waals surface area contributed by atoms with Crippen LogP contribution in [0.5, 0.6) is 0 Å². The number of nitrogens with one attached hydrogen (secondary N) is 4. The predicted octanol–water partition coefficient (Wildman–Crippen LogP) is -4.57. The molecule has 0 aliphatic rings. The van der Waals surface area contributed by atoms with E-state index in [2.05, 4.69) is 21.3 Å². The Labute approximate surface area is 133 Å². The van der Waals surface area contributed by atoms with Crippen molar-refractivity contribution in [1.29, 1.82) is 0 Å². The van der Waals surface area contributed by atoms with Crippen molar-refractivity contribution >= 4 is 23.6 Å². The zero-order chi connectivity index (χ0) is 18.6. The molecule has 134 valence electrons. The van der Waals surface area contributed by atoms with Gasteiger partial charge in [0.05, 0.1) is 6.42 Å². The van der Waals surface area contributed by atoms with E-state index >= 15 is 0 Å². The van der Waals surface area contributed by atoms with Gasteiger partial charge in [-0.25, -0.2) is 0 Å². The molecule has 4 amide bonds. The summed E-state index contributed by atoms with van der Waals surface area (Å²) in [6, 6.07) is 0. The summed E-state index contributed by atoms with van der Waals surface area (Å²) in [4.78, 5) is 42.6. The fourth-order valence-electron chi connectivity index (χ4n) is 1.12. The quantitative estimate of drug-likeness (QED) is 0.255. The van der Waals surface area contributed by atoms with Crippen LogP contribution in [0.1, 0.15) is 6.42 Å². The molecule has 0 aliphatic carbocycles. The summed E-state index contributed by atoms with van der Waals surface area (Å²) in [5.74, 6) is -2.51. The number of likely N-dealkylation sites (N-methyl/N-ethyl adjacent to an activating group) is 3. The Morgan fingerprint density at radius 3 is 1.30 bits per heavy atom. The van der Waals surface area contributed by atoms with Crippen LogP contribution in [-0.4, -0.2) is 85.5 Å². The zero-order valence-corrected chi connectivity index (χ0v) is 13.4. The van der Waals surface area contributed by atoms with Gasteiger partial charge in [0.25, 0.3) is 11.8 Å². The Balaban J connectivity index is 0. The first-order valence-corrected chi connectivity index (χ1v) is 6.55. The first kappa shape index (κ1) is 23.0. The van der Waals surface area contributed by atoms with Gasteiger partial charge in [-0.3, -0.25) is 19.2 Å². The molecule has 11 nitrogen and oxygen atoms in total. The smallest absolute Gasteiger partial charge is 0.251 e. The average molecular weight is 336 g/mol. The van der Waals surface area contributed by atoms with Crippen molar-refractivity contribution in [2.45, 2.75) is 24.7 Å². The number of carbonyl (C=O) groups excluding carboxylic acids is 4. The molecular formula is C12H24N4O7. The van der Waals surface area contributed by atoms with Crippen LogP contribution >= 0.6 is 0 Å². The number of rotatable bonds is 6. The third kappa shape index (κ3) is 9.39. The molecule has 11 heteroatoms. The van der Waals surface area contributed by atoms with Crippen LogP contribution < -0.4 is 21.3 Å². The molecule has 0 saturated heterocycles. The van der Waals surface area contributed by atoms with Crippen molar-refractivity contribution in [1.82, 2.24) is 21.3 Å². The van der Waals surface area contributed by atoms with E-state index in [1.165, 1.54) is 28.2 Å². The first-order valence-electron chi connectivity index (χ1n) is 6.55. The Hall–Kier alpha value is -2.24. The van der Waals surface area contributed by atoms with Crippen LogP contribution in [0.2, 0.25) is 0 Å². The van der Waals surface area contributed by atoms with E-state index in [4.69, 9.17) is 15.3 Å². The number of aliphatic hydroxyl groups excluding tert-OH is 3. The maximum absolute atomic E-state index is 10.7. The minimum Gasteiger partial charge on any atom is -0.383 e. The Bertz CT molecular complexity index is 396. The minimum atomic E-state index is -1.73. The van der Waals surface area contributed by atoms with Crippen LogP contribution in [0.15, 0.2) is 0 Å². The number of hydrogen-bond donors (Lipinski definition) is 7. The third-order valence-corrected chi connectivity index (χ3v) is 2.54. The van der Waals surface area contributed by atoms with Gasteiger partial charge in [0, 0.05) is 28.2 Å². The molecular weight excluding hydrogens is 312 g/mol. The van der Waals surface area contributed by atoms with Crippen molar-refractivity contribution in [2.75, 3.05) is 28.2 Å². The third-order valence-electron chi connectivity index (χ3n) is 2.54. The summed E-state index contributed by atoms with van der Waals surface area (Å²) in [5, 5.41) is 35.6. The van der Waals surface area contributed by atoms with Gasteiger partial charge in [-0.2, -0.15) is 0 Å². The molecule has 0 fully saturated rings. The van der Waals surface area contributed by atoms with E-state index in [0.29, 0.717) is 0 Å². The minimum absolute atomic E-state index is 0.198. The van der Waals surface area contributed by atoms with Crippen LogP contribution in [0.3, 0.4) is 0 Å². The second-order valence-electron chi connectivity index (χ2n) is 4.13. The van der Waals surface area contributed by atoms with E-state index in [1.807, 2.05) is 0 Å². The highest BCUT2D eigenvalue weighted by Gasteiger charge is 2.28. The van der Waals surface area contributed by atoms with E-state index in [-0.39, 0.29) is 12.3 Å². The largest absolute Gasteiger partial charge is 0.383 e. The topological polar surface area (TPSA) is 177 Å². The molecule has 0 rings (SSSR count). The van der Waals surface area contributed by atoms with Crippen LogP contribution in [0.4, 0.5) is 0 Å². The summed E-state index contributed by atoms with van der Waals surface area (Å²) in [7, 11) is 5.43. The van der Waals surface area contributed by atoms with Gasteiger partial charge in [0.2, 0.25) is 11.8 Å². The molecule has 3 atom stereocenters. The maximum atomic E-state index is 10.7. The molecule has 0 unspecified atom stereocenters. The van der Waals surface area contributed by atoms with Crippen molar-refractivity contribution in [3.05, 3.63) is 0 Å². The lowest BCUT2D eigenvalue weighted by molar-refractivity contribution is -0.145. The number of amides is 4. The van der Waals surface area contributed by atoms with Gasteiger partial charge in [0.15, 0.2) is 12.2 Å². The molecule has 7 N–H and O–H groups in total. The highest BCUT2D eigenvalue weighted by molar-refractivity contribution is 5.90. The second-order valence-corrected chi connectivity index (χ2v) is 4.13. The monoisotopic (exact) mass is 336 g/mol. The molecule has 23 heavy (non-hydrogen) atoms. The fourth-order valence-corrected chi connectivity index (χ4v) is 1.12. The van der Waals surface area contributed by atoms with E-state index in [0.717, 1.165) is 0 Å². The van der Waals surface area contributed by atoms with E-state index < -0.39 is 36.0 Å². The van der Waals surface area contributed by atoms with Gasteiger partial charge in [-0.05, 0) is 0 Å². The summed E-state index contributed by atoms with van der Waals surface area (Å²) in [6.07, 6.45) is -4.90. The molecule has 0 aromatic heterocycles. The number of hydrogen-bond acceptors (Lipinski definition) is 7. The van der Waals surface area contributed by atoms with E-state index in [9.17, 15) is 19.2 Å². The lowest BCUT2D eigenvalue weighted by Gasteiger charge is -2.14. The average Bonchev–Trinajstić information content (AvgIpc) is 2.58. The molecule has 0 bridgehead atoms. The summed E-state index contributed by atoms with van der Waals surface area (Å²) >= 11 is 0. The Morgan fingerprint density at radius 2 is 1.04 bits per heavy atom. The first-order chi connectivity index (χ1) is 10.7. The SMILES string of the molecule is CNC(=O)C[C@H](O)C(=O)NC.CNC(=O)[C@H](O)[C@@H](O)C(=O)NC. The van der Waals surface area contributed by atoms with Gasteiger partial charge in [0.1, 0.15) is 6.10 Å². The zero-order valence-electron chi connectivity index (χ0n) is 13.4. The number of carbonyl (C=O) groups is 4. The molecule has 0 aromatic carbocycles.